The average Bonchev–Trinajstić information content (AvgIpc) is 3.22. The molecule has 1 saturated heterocycles. The van der Waals surface area contributed by atoms with E-state index in [-0.39, 0.29) is 12.1 Å². The van der Waals surface area contributed by atoms with Crippen LogP contribution in [0.2, 0.25) is 0 Å². The number of alkyl halides is 3. The summed E-state index contributed by atoms with van der Waals surface area (Å²) in [6, 6.07) is 16.2. The number of amides is 1. The Morgan fingerprint density at radius 3 is 2.57 bits per heavy atom. The van der Waals surface area contributed by atoms with E-state index in [1.807, 2.05) is 43.3 Å². The fourth-order valence-electron chi connectivity index (χ4n) is 4.65. The molecule has 2 heterocycles. The first kappa shape index (κ1) is 24.7. The van der Waals surface area contributed by atoms with Gasteiger partial charge in [0.15, 0.2) is 5.75 Å². The van der Waals surface area contributed by atoms with Crippen molar-refractivity contribution in [1.82, 2.24) is 9.80 Å². The molecule has 5 rings (SSSR count). The third-order valence-electron chi connectivity index (χ3n) is 6.54. The standard InChI is InChI=1S/C28H26F3N3O3/c1-18-8-11-23-25(16-18)37-24-17-19(36-2)9-10-21(24)26(32-23)33-12-5-13-34(15-14-33)27(35)20-6-3-4-7-22(20)28(29,30)31/h3-4,6-11,16-17H,5,12-15H2,1-2H3. The maximum Gasteiger partial charge on any atom is 0.417 e. The van der Waals surface area contributed by atoms with E-state index in [2.05, 4.69) is 4.90 Å². The van der Waals surface area contributed by atoms with Crippen molar-refractivity contribution in [3.63, 3.8) is 0 Å². The number of benzene rings is 3. The molecule has 9 heteroatoms. The molecule has 192 valence electrons. The average molecular weight is 510 g/mol. The smallest absolute Gasteiger partial charge is 0.417 e. The van der Waals surface area contributed by atoms with Crippen molar-refractivity contribution in [3.05, 3.63) is 82.9 Å². The van der Waals surface area contributed by atoms with Crippen molar-refractivity contribution in [2.24, 2.45) is 4.99 Å². The first-order chi connectivity index (χ1) is 17.7. The van der Waals surface area contributed by atoms with Crippen molar-refractivity contribution >= 4 is 17.4 Å². The summed E-state index contributed by atoms with van der Waals surface area (Å²) in [4.78, 5) is 21.7. The van der Waals surface area contributed by atoms with Crippen LogP contribution in [0.15, 0.2) is 65.7 Å². The molecule has 0 unspecified atom stereocenters. The topological polar surface area (TPSA) is 54.4 Å². The number of rotatable bonds is 2. The maximum atomic E-state index is 13.5. The van der Waals surface area contributed by atoms with Gasteiger partial charge in [0.1, 0.15) is 23.0 Å². The molecule has 1 fully saturated rings. The summed E-state index contributed by atoms with van der Waals surface area (Å²) in [5.41, 5.74) is 1.24. The maximum absolute atomic E-state index is 13.5. The summed E-state index contributed by atoms with van der Waals surface area (Å²) in [7, 11) is 1.59. The molecule has 0 bridgehead atoms. The van der Waals surface area contributed by atoms with Crippen LogP contribution in [0.1, 0.15) is 33.5 Å². The van der Waals surface area contributed by atoms with Crippen molar-refractivity contribution in [2.45, 2.75) is 19.5 Å². The van der Waals surface area contributed by atoms with Crippen LogP contribution in [0.3, 0.4) is 0 Å². The molecule has 3 aromatic carbocycles. The van der Waals surface area contributed by atoms with Gasteiger partial charge < -0.3 is 19.3 Å². The van der Waals surface area contributed by atoms with E-state index < -0.39 is 17.6 Å². The number of carbonyl (C=O) groups is 1. The molecule has 6 nitrogen and oxygen atoms in total. The number of aryl methyl sites for hydroxylation is 1. The van der Waals surface area contributed by atoms with Gasteiger partial charge in [-0.15, -0.1) is 0 Å². The summed E-state index contributed by atoms with van der Waals surface area (Å²) >= 11 is 0. The van der Waals surface area contributed by atoms with Gasteiger partial charge in [-0.1, -0.05) is 18.2 Å². The van der Waals surface area contributed by atoms with Gasteiger partial charge in [0.2, 0.25) is 0 Å². The van der Waals surface area contributed by atoms with Gasteiger partial charge in [-0.3, -0.25) is 4.79 Å². The molecule has 0 N–H and O–H groups in total. The second-order valence-electron chi connectivity index (χ2n) is 9.05. The molecule has 0 radical (unpaired) electrons. The molecular weight excluding hydrogens is 483 g/mol. The number of hydrogen-bond acceptors (Lipinski definition) is 5. The number of carbonyl (C=O) groups excluding carboxylic acids is 1. The highest BCUT2D eigenvalue weighted by Gasteiger charge is 2.36. The van der Waals surface area contributed by atoms with E-state index in [1.165, 1.54) is 23.1 Å². The third kappa shape index (κ3) is 4.98. The van der Waals surface area contributed by atoms with Gasteiger partial charge in [-0.25, -0.2) is 4.99 Å². The zero-order valence-corrected chi connectivity index (χ0v) is 20.5. The van der Waals surface area contributed by atoms with Crippen molar-refractivity contribution < 1.29 is 27.4 Å². The molecule has 0 aliphatic carbocycles. The molecular formula is C28H26F3N3O3. The zero-order chi connectivity index (χ0) is 26.2. The molecule has 1 amide bonds. The van der Waals surface area contributed by atoms with Gasteiger partial charge in [0.05, 0.1) is 23.8 Å². The lowest BCUT2D eigenvalue weighted by molar-refractivity contribution is -0.138. The predicted molar refractivity (Wildman–Crippen MR) is 134 cm³/mol. The van der Waals surface area contributed by atoms with E-state index in [4.69, 9.17) is 14.5 Å². The van der Waals surface area contributed by atoms with Crippen LogP contribution < -0.4 is 9.47 Å². The van der Waals surface area contributed by atoms with Crippen molar-refractivity contribution in [1.29, 1.82) is 0 Å². The second-order valence-corrected chi connectivity index (χ2v) is 9.05. The van der Waals surface area contributed by atoms with E-state index in [0.717, 1.165) is 17.2 Å². The highest BCUT2D eigenvalue weighted by Crippen LogP contribution is 2.40. The third-order valence-corrected chi connectivity index (χ3v) is 6.54. The lowest BCUT2D eigenvalue weighted by Crippen LogP contribution is -2.38. The Morgan fingerprint density at radius 1 is 0.973 bits per heavy atom. The fourth-order valence-corrected chi connectivity index (χ4v) is 4.65. The number of aliphatic imine (C=N–C) groups is 1. The Labute approximate surface area is 212 Å². The molecule has 2 aliphatic rings. The molecule has 3 aromatic rings. The number of ether oxygens (including phenoxy) is 2. The highest BCUT2D eigenvalue weighted by atomic mass is 19.4. The molecule has 0 saturated carbocycles. The van der Waals surface area contributed by atoms with Crippen LogP contribution in [-0.4, -0.2) is 54.8 Å². The Balaban J connectivity index is 1.46. The summed E-state index contributed by atoms with van der Waals surface area (Å²) in [6.07, 6.45) is -4.03. The largest absolute Gasteiger partial charge is 0.497 e. The molecule has 2 aliphatic heterocycles. The van der Waals surface area contributed by atoms with Gasteiger partial charge >= 0.3 is 6.18 Å². The number of nitrogens with zero attached hydrogens (tertiary/aromatic N) is 3. The molecule has 0 atom stereocenters. The Hall–Kier alpha value is -4.01. The fraction of sp³-hybridized carbons (Fsp3) is 0.286. The van der Waals surface area contributed by atoms with Crippen molar-refractivity contribution in [3.8, 4) is 17.2 Å². The first-order valence-corrected chi connectivity index (χ1v) is 12.0. The Bertz CT molecular complexity index is 1370. The summed E-state index contributed by atoms with van der Waals surface area (Å²) in [6.45, 7) is 3.57. The van der Waals surface area contributed by atoms with Gasteiger partial charge in [0, 0.05) is 32.2 Å². The van der Waals surface area contributed by atoms with Crippen LogP contribution >= 0.6 is 0 Å². The lowest BCUT2D eigenvalue weighted by atomic mass is 10.1. The number of amidine groups is 1. The quantitative estimate of drug-likeness (QED) is 0.422. The zero-order valence-electron chi connectivity index (χ0n) is 20.5. The highest BCUT2D eigenvalue weighted by molar-refractivity contribution is 6.04. The van der Waals surface area contributed by atoms with E-state index in [0.29, 0.717) is 54.8 Å². The minimum Gasteiger partial charge on any atom is -0.497 e. The summed E-state index contributed by atoms with van der Waals surface area (Å²) < 4.78 is 52.2. The minimum absolute atomic E-state index is 0.261. The van der Waals surface area contributed by atoms with E-state index in [1.54, 1.807) is 7.11 Å². The number of fused-ring (bicyclic) bond motifs is 2. The van der Waals surface area contributed by atoms with Gasteiger partial charge in [-0.05, 0) is 55.3 Å². The lowest BCUT2D eigenvalue weighted by Gasteiger charge is -2.26. The van der Waals surface area contributed by atoms with Crippen LogP contribution in [0.25, 0.3) is 0 Å². The number of methoxy groups -OCH3 is 1. The molecule has 37 heavy (non-hydrogen) atoms. The predicted octanol–water partition coefficient (Wildman–Crippen LogP) is 6.05. The van der Waals surface area contributed by atoms with Gasteiger partial charge in [0.25, 0.3) is 5.91 Å². The van der Waals surface area contributed by atoms with Crippen LogP contribution in [-0.2, 0) is 6.18 Å². The van der Waals surface area contributed by atoms with Gasteiger partial charge in [-0.2, -0.15) is 13.2 Å². The second kappa shape index (κ2) is 9.80. The monoisotopic (exact) mass is 509 g/mol. The summed E-state index contributed by atoms with van der Waals surface area (Å²) in [5, 5.41) is 0. The van der Waals surface area contributed by atoms with Crippen LogP contribution in [0.5, 0.6) is 17.2 Å². The minimum atomic E-state index is -4.60. The van der Waals surface area contributed by atoms with Crippen LogP contribution in [0, 0.1) is 6.92 Å². The molecule has 0 spiro atoms. The number of halogens is 3. The molecule has 0 aromatic heterocycles. The van der Waals surface area contributed by atoms with Crippen molar-refractivity contribution in [2.75, 3.05) is 33.3 Å². The first-order valence-electron chi connectivity index (χ1n) is 12.0. The van der Waals surface area contributed by atoms with Crippen LogP contribution in [0.4, 0.5) is 18.9 Å². The number of hydrogen-bond donors (Lipinski definition) is 0. The Morgan fingerprint density at radius 2 is 1.78 bits per heavy atom. The Kier molecular flexibility index (Phi) is 6.54. The van der Waals surface area contributed by atoms with E-state index >= 15 is 0 Å². The van der Waals surface area contributed by atoms with E-state index in [9.17, 15) is 18.0 Å². The summed E-state index contributed by atoms with van der Waals surface area (Å²) in [5.74, 6) is 1.93. The normalized spacial score (nSPS) is 15.5. The SMILES string of the molecule is COc1ccc2c(c1)Oc1cc(C)ccc1N=C2N1CCCN(C(=O)c2ccccc2C(F)(F)F)CC1.